The molecule has 1 aromatic carbocycles. The van der Waals surface area contributed by atoms with Gasteiger partial charge in [-0.25, -0.2) is 4.98 Å². The molecule has 24 heavy (non-hydrogen) atoms. The highest BCUT2D eigenvalue weighted by Crippen LogP contribution is 2.27. The van der Waals surface area contributed by atoms with E-state index in [0.29, 0.717) is 10.7 Å². The first kappa shape index (κ1) is 14.7. The van der Waals surface area contributed by atoms with Crippen LogP contribution >= 0.6 is 11.3 Å². The quantitative estimate of drug-likeness (QED) is 0.557. The number of benzene rings is 1. The smallest absolute Gasteiger partial charge is 0.207 e. The second-order valence-corrected chi connectivity index (χ2v) is 5.98. The molecule has 3 aromatic heterocycles. The zero-order valence-electron chi connectivity index (χ0n) is 12.5. The lowest BCUT2D eigenvalue weighted by Gasteiger charge is -2.14. The molecule has 0 saturated heterocycles. The molecule has 0 aliphatic rings. The summed E-state index contributed by atoms with van der Waals surface area (Å²) in [5, 5.41) is 22.6. The average molecular weight is 335 g/mol. The van der Waals surface area contributed by atoms with Crippen LogP contribution in [0.1, 0.15) is 11.8 Å². The SMILES string of the molecule is OC(Nc1nncs1)c1cccc2ccc(-c3cccnc3)nc12. The zero-order chi connectivity index (χ0) is 16.4. The first-order chi connectivity index (χ1) is 11.8. The van der Waals surface area contributed by atoms with Crippen molar-refractivity contribution < 1.29 is 5.11 Å². The summed E-state index contributed by atoms with van der Waals surface area (Å²) in [6.45, 7) is 0. The van der Waals surface area contributed by atoms with E-state index >= 15 is 0 Å². The van der Waals surface area contributed by atoms with Crippen LogP contribution in [-0.4, -0.2) is 25.3 Å². The number of pyridine rings is 2. The van der Waals surface area contributed by atoms with Crippen molar-refractivity contribution in [3.05, 3.63) is 65.9 Å². The van der Waals surface area contributed by atoms with Crippen molar-refractivity contribution in [3.8, 4) is 11.3 Å². The van der Waals surface area contributed by atoms with Crippen molar-refractivity contribution in [3.63, 3.8) is 0 Å². The van der Waals surface area contributed by atoms with Gasteiger partial charge in [-0.2, -0.15) is 0 Å². The molecule has 0 spiro atoms. The number of hydrogen-bond acceptors (Lipinski definition) is 7. The van der Waals surface area contributed by atoms with E-state index in [1.165, 1.54) is 11.3 Å². The summed E-state index contributed by atoms with van der Waals surface area (Å²) in [5.41, 5.74) is 4.78. The first-order valence-electron chi connectivity index (χ1n) is 7.32. The number of para-hydroxylation sites is 1. The van der Waals surface area contributed by atoms with Crippen LogP contribution in [0.4, 0.5) is 5.13 Å². The minimum Gasteiger partial charge on any atom is -0.369 e. The number of aromatic nitrogens is 4. The lowest BCUT2D eigenvalue weighted by atomic mass is 10.1. The Labute approximate surface area is 141 Å². The van der Waals surface area contributed by atoms with Gasteiger partial charge in [0.1, 0.15) is 5.51 Å². The van der Waals surface area contributed by atoms with E-state index in [0.717, 1.165) is 22.2 Å². The third kappa shape index (κ3) is 2.82. The second-order valence-electron chi connectivity index (χ2n) is 5.15. The van der Waals surface area contributed by atoms with Gasteiger partial charge in [-0.15, -0.1) is 10.2 Å². The minimum atomic E-state index is -0.918. The normalized spacial score (nSPS) is 12.2. The molecule has 2 N–H and O–H groups in total. The Hall–Kier alpha value is -2.90. The predicted octanol–water partition coefficient (Wildman–Crippen LogP) is 3.25. The summed E-state index contributed by atoms with van der Waals surface area (Å²) in [6, 6.07) is 13.5. The molecule has 0 radical (unpaired) electrons. The average Bonchev–Trinajstić information content (AvgIpc) is 3.14. The maximum Gasteiger partial charge on any atom is 0.207 e. The fraction of sp³-hybridized carbons (Fsp3) is 0.0588. The highest BCUT2D eigenvalue weighted by molar-refractivity contribution is 7.13. The molecule has 1 unspecified atom stereocenters. The van der Waals surface area contributed by atoms with E-state index in [4.69, 9.17) is 4.98 Å². The Bertz CT molecular complexity index is 959. The van der Waals surface area contributed by atoms with Gasteiger partial charge in [0.15, 0.2) is 6.23 Å². The van der Waals surface area contributed by atoms with E-state index in [1.54, 1.807) is 17.9 Å². The van der Waals surface area contributed by atoms with Gasteiger partial charge in [0.05, 0.1) is 11.2 Å². The minimum absolute atomic E-state index is 0.558. The van der Waals surface area contributed by atoms with Crippen LogP contribution in [0, 0.1) is 0 Å². The fourth-order valence-corrected chi connectivity index (χ4v) is 2.96. The Morgan fingerprint density at radius 3 is 2.83 bits per heavy atom. The van der Waals surface area contributed by atoms with Gasteiger partial charge in [0.25, 0.3) is 0 Å². The molecule has 3 heterocycles. The Kier molecular flexibility index (Phi) is 3.86. The molecule has 0 fully saturated rings. The number of nitrogens with one attached hydrogen (secondary N) is 1. The molecular formula is C17H13N5OS. The second kappa shape index (κ2) is 6.31. The molecule has 0 aliphatic carbocycles. The maximum atomic E-state index is 10.5. The van der Waals surface area contributed by atoms with E-state index in [-0.39, 0.29) is 0 Å². The molecular weight excluding hydrogens is 322 g/mol. The largest absolute Gasteiger partial charge is 0.369 e. The summed E-state index contributed by atoms with van der Waals surface area (Å²) < 4.78 is 0. The van der Waals surface area contributed by atoms with E-state index in [2.05, 4.69) is 20.5 Å². The molecule has 0 amide bonds. The number of anilines is 1. The van der Waals surface area contributed by atoms with Crippen LogP contribution in [-0.2, 0) is 0 Å². The van der Waals surface area contributed by atoms with Gasteiger partial charge in [-0.1, -0.05) is 35.6 Å². The van der Waals surface area contributed by atoms with Crippen molar-refractivity contribution >= 4 is 27.4 Å². The molecule has 0 bridgehead atoms. The number of aliphatic hydroxyl groups is 1. The molecule has 1 atom stereocenters. The summed E-state index contributed by atoms with van der Waals surface area (Å²) in [4.78, 5) is 8.86. The third-order valence-electron chi connectivity index (χ3n) is 3.62. The van der Waals surface area contributed by atoms with Crippen molar-refractivity contribution in [2.24, 2.45) is 0 Å². The van der Waals surface area contributed by atoms with Crippen LogP contribution in [0.3, 0.4) is 0 Å². The fourth-order valence-electron chi connectivity index (χ4n) is 2.50. The van der Waals surface area contributed by atoms with Crippen molar-refractivity contribution in [2.45, 2.75) is 6.23 Å². The number of hydrogen-bond donors (Lipinski definition) is 2. The predicted molar refractivity (Wildman–Crippen MR) is 93.5 cm³/mol. The summed E-state index contributed by atoms with van der Waals surface area (Å²) in [7, 11) is 0. The van der Waals surface area contributed by atoms with E-state index in [1.807, 2.05) is 42.5 Å². The lowest BCUT2D eigenvalue weighted by Crippen LogP contribution is -2.10. The van der Waals surface area contributed by atoms with Gasteiger partial charge in [0.2, 0.25) is 5.13 Å². The van der Waals surface area contributed by atoms with Gasteiger partial charge in [-0.05, 0) is 18.2 Å². The summed E-state index contributed by atoms with van der Waals surface area (Å²) >= 11 is 1.33. The van der Waals surface area contributed by atoms with Crippen LogP contribution in [0.5, 0.6) is 0 Å². The molecule has 0 aliphatic heterocycles. The van der Waals surface area contributed by atoms with Gasteiger partial charge < -0.3 is 10.4 Å². The Balaban J connectivity index is 1.77. The lowest BCUT2D eigenvalue weighted by molar-refractivity contribution is 0.209. The Morgan fingerprint density at radius 1 is 1.08 bits per heavy atom. The van der Waals surface area contributed by atoms with Crippen molar-refractivity contribution in [1.29, 1.82) is 0 Å². The topological polar surface area (TPSA) is 83.8 Å². The van der Waals surface area contributed by atoms with Crippen molar-refractivity contribution in [2.75, 3.05) is 5.32 Å². The third-order valence-corrected chi connectivity index (χ3v) is 4.25. The van der Waals surface area contributed by atoms with E-state index < -0.39 is 6.23 Å². The number of fused-ring (bicyclic) bond motifs is 1. The summed E-state index contributed by atoms with van der Waals surface area (Å²) in [5.74, 6) is 0. The van der Waals surface area contributed by atoms with Gasteiger partial charge >= 0.3 is 0 Å². The van der Waals surface area contributed by atoms with Crippen LogP contribution in [0.2, 0.25) is 0 Å². The van der Waals surface area contributed by atoms with Crippen molar-refractivity contribution in [1.82, 2.24) is 20.2 Å². The van der Waals surface area contributed by atoms with Gasteiger partial charge in [-0.3, -0.25) is 4.98 Å². The van der Waals surface area contributed by atoms with Gasteiger partial charge in [0, 0.05) is 28.9 Å². The molecule has 118 valence electrons. The molecule has 0 saturated carbocycles. The van der Waals surface area contributed by atoms with E-state index in [9.17, 15) is 5.11 Å². The highest BCUT2D eigenvalue weighted by Gasteiger charge is 2.14. The van der Waals surface area contributed by atoms with Crippen LogP contribution in [0.15, 0.2) is 60.4 Å². The number of nitrogens with zero attached hydrogens (tertiary/aromatic N) is 4. The number of aliphatic hydroxyl groups excluding tert-OH is 1. The monoisotopic (exact) mass is 335 g/mol. The molecule has 6 nitrogen and oxygen atoms in total. The molecule has 7 heteroatoms. The molecule has 4 rings (SSSR count). The first-order valence-corrected chi connectivity index (χ1v) is 8.20. The van der Waals surface area contributed by atoms with Crippen LogP contribution in [0.25, 0.3) is 22.2 Å². The maximum absolute atomic E-state index is 10.5. The zero-order valence-corrected chi connectivity index (χ0v) is 13.3. The Morgan fingerprint density at radius 2 is 2.04 bits per heavy atom. The van der Waals surface area contributed by atoms with Crippen LogP contribution < -0.4 is 5.32 Å². The number of rotatable bonds is 4. The highest BCUT2D eigenvalue weighted by atomic mass is 32.1. The summed E-state index contributed by atoms with van der Waals surface area (Å²) in [6.07, 6.45) is 2.58. The molecule has 4 aromatic rings. The standard InChI is InChI=1S/C17H13N5OS/c23-16(21-17-22-19-10-24-17)13-5-1-3-11-6-7-14(20-15(11)13)12-4-2-8-18-9-12/h1-10,16,23H,(H,21,22).